The minimum absolute atomic E-state index is 0.485. The Bertz CT molecular complexity index is 552. The van der Waals surface area contributed by atoms with Gasteiger partial charge in [-0.1, -0.05) is 26.0 Å². The standard InChI is InChI=1S/C20H28O/c1-10-7-16-13(4)19(10)18-9-15(8-17(16)18)14-5-11(2)20(21)12(3)6-14/h5-6,10,13,15-19,21H,7-9H2,1-4H3. The van der Waals surface area contributed by atoms with Crippen LogP contribution in [-0.4, -0.2) is 5.11 Å². The lowest BCUT2D eigenvalue weighted by molar-refractivity contribution is 0.200. The topological polar surface area (TPSA) is 20.2 Å². The average molecular weight is 284 g/mol. The average Bonchev–Trinajstić information content (AvgIpc) is 3.04. The molecule has 114 valence electrons. The zero-order chi connectivity index (χ0) is 14.9. The summed E-state index contributed by atoms with van der Waals surface area (Å²) in [5.41, 5.74) is 3.58. The van der Waals surface area contributed by atoms with Crippen LogP contribution in [0.3, 0.4) is 0 Å². The van der Waals surface area contributed by atoms with Gasteiger partial charge >= 0.3 is 0 Å². The molecule has 0 heterocycles. The molecule has 3 aliphatic carbocycles. The Morgan fingerprint density at radius 3 is 2.19 bits per heavy atom. The number of rotatable bonds is 1. The molecule has 1 nitrogen and oxygen atoms in total. The molecule has 1 N–H and O–H groups in total. The molecule has 3 aliphatic rings. The maximum absolute atomic E-state index is 10.00. The summed E-state index contributed by atoms with van der Waals surface area (Å²) in [5, 5.41) is 10.00. The summed E-state index contributed by atoms with van der Waals surface area (Å²) in [6.45, 7) is 9.07. The van der Waals surface area contributed by atoms with E-state index in [1.54, 1.807) is 0 Å². The summed E-state index contributed by atoms with van der Waals surface area (Å²) < 4.78 is 0. The molecule has 21 heavy (non-hydrogen) atoms. The van der Waals surface area contributed by atoms with Gasteiger partial charge in [-0.05, 0) is 91.2 Å². The van der Waals surface area contributed by atoms with Crippen molar-refractivity contribution in [2.24, 2.45) is 35.5 Å². The molecule has 2 bridgehead atoms. The smallest absolute Gasteiger partial charge is 0.121 e. The molecule has 7 atom stereocenters. The van der Waals surface area contributed by atoms with Gasteiger partial charge in [-0.2, -0.15) is 0 Å². The van der Waals surface area contributed by atoms with Crippen molar-refractivity contribution in [2.75, 3.05) is 0 Å². The molecule has 0 amide bonds. The summed E-state index contributed by atoms with van der Waals surface area (Å²) in [6, 6.07) is 4.48. The van der Waals surface area contributed by atoms with Gasteiger partial charge < -0.3 is 5.11 Å². The Labute approximate surface area is 128 Å². The number of aryl methyl sites for hydroxylation is 2. The predicted octanol–water partition coefficient (Wildman–Crippen LogP) is 5.04. The Hall–Kier alpha value is -0.980. The highest BCUT2D eigenvalue weighted by Gasteiger charge is 2.58. The van der Waals surface area contributed by atoms with Gasteiger partial charge in [-0.15, -0.1) is 0 Å². The first-order valence-corrected chi connectivity index (χ1v) is 8.77. The molecule has 7 unspecified atom stereocenters. The number of phenols is 1. The highest BCUT2D eigenvalue weighted by atomic mass is 16.3. The van der Waals surface area contributed by atoms with Crippen molar-refractivity contribution in [1.82, 2.24) is 0 Å². The lowest BCUT2D eigenvalue weighted by Gasteiger charge is -2.29. The number of hydrogen-bond acceptors (Lipinski definition) is 1. The van der Waals surface area contributed by atoms with Gasteiger partial charge in [0, 0.05) is 0 Å². The van der Waals surface area contributed by atoms with Crippen LogP contribution in [0, 0.1) is 49.4 Å². The highest BCUT2D eigenvalue weighted by Crippen LogP contribution is 2.66. The summed E-state index contributed by atoms with van der Waals surface area (Å²) >= 11 is 0. The van der Waals surface area contributed by atoms with Crippen LogP contribution in [0.5, 0.6) is 5.75 Å². The van der Waals surface area contributed by atoms with Gasteiger partial charge in [0.05, 0.1) is 0 Å². The Kier molecular flexibility index (Phi) is 2.93. The van der Waals surface area contributed by atoms with Crippen LogP contribution in [0.4, 0.5) is 0 Å². The SMILES string of the molecule is Cc1cc(C2CC3C4CC(C)C(C4C)C3C2)cc(C)c1O. The van der Waals surface area contributed by atoms with Crippen LogP contribution in [0.25, 0.3) is 0 Å². The van der Waals surface area contributed by atoms with E-state index < -0.39 is 0 Å². The van der Waals surface area contributed by atoms with Gasteiger partial charge in [0.2, 0.25) is 0 Å². The highest BCUT2D eigenvalue weighted by molar-refractivity contribution is 5.43. The number of hydrogen-bond donors (Lipinski definition) is 1. The van der Waals surface area contributed by atoms with Gasteiger partial charge in [-0.3, -0.25) is 0 Å². The lowest BCUT2D eigenvalue weighted by Crippen LogP contribution is -2.22. The molecule has 1 heteroatoms. The van der Waals surface area contributed by atoms with E-state index in [9.17, 15) is 5.11 Å². The molecular weight excluding hydrogens is 256 g/mol. The van der Waals surface area contributed by atoms with Gasteiger partial charge in [0.15, 0.2) is 0 Å². The van der Waals surface area contributed by atoms with Crippen molar-refractivity contribution in [3.63, 3.8) is 0 Å². The summed E-state index contributed by atoms with van der Waals surface area (Å²) in [5.74, 6) is 7.10. The predicted molar refractivity (Wildman–Crippen MR) is 86.5 cm³/mol. The number of fused-ring (bicyclic) bond motifs is 5. The van der Waals surface area contributed by atoms with E-state index in [0.717, 1.165) is 52.6 Å². The molecule has 0 radical (unpaired) electrons. The van der Waals surface area contributed by atoms with Crippen molar-refractivity contribution in [1.29, 1.82) is 0 Å². The van der Waals surface area contributed by atoms with Crippen LogP contribution in [0.2, 0.25) is 0 Å². The Balaban J connectivity index is 1.61. The second-order valence-corrected chi connectivity index (χ2v) is 8.31. The Morgan fingerprint density at radius 1 is 0.905 bits per heavy atom. The monoisotopic (exact) mass is 284 g/mol. The quantitative estimate of drug-likeness (QED) is 0.766. The molecule has 0 aliphatic heterocycles. The van der Waals surface area contributed by atoms with Crippen molar-refractivity contribution >= 4 is 0 Å². The van der Waals surface area contributed by atoms with E-state index in [-0.39, 0.29) is 0 Å². The van der Waals surface area contributed by atoms with Crippen molar-refractivity contribution in [3.05, 3.63) is 28.8 Å². The zero-order valence-corrected chi connectivity index (χ0v) is 13.8. The minimum atomic E-state index is 0.485. The van der Waals surface area contributed by atoms with Gasteiger partial charge in [0.1, 0.15) is 5.75 Å². The largest absolute Gasteiger partial charge is 0.507 e. The molecule has 1 aromatic rings. The van der Waals surface area contributed by atoms with Crippen LogP contribution < -0.4 is 0 Å². The summed E-state index contributed by atoms with van der Waals surface area (Å²) in [4.78, 5) is 0. The van der Waals surface area contributed by atoms with E-state index in [1.165, 1.54) is 24.8 Å². The van der Waals surface area contributed by atoms with E-state index in [4.69, 9.17) is 0 Å². The first kappa shape index (κ1) is 13.7. The maximum Gasteiger partial charge on any atom is 0.121 e. The van der Waals surface area contributed by atoms with Crippen molar-refractivity contribution < 1.29 is 5.11 Å². The molecule has 0 spiro atoms. The molecule has 1 aromatic carbocycles. The molecule has 0 saturated heterocycles. The number of phenolic OH excluding ortho intramolecular Hbond substituents is 1. The van der Waals surface area contributed by atoms with Crippen molar-refractivity contribution in [3.8, 4) is 5.75 Å². The molecule has 0 aromatic heterocycles. The van der Waals surface area contributed by atoms with E-state index in [1.807, 2.05) is 13.8 Å². The number of aromatic hydroxyl groups is 1. The Morgan fingerprint density at radius 2 is 1.52 bits per heavy atom. The fourth-order valence-corrected chi connectivity index (χ4v) is 6.52. The fourth-order valence-electron chi connectivity index (χ4n) is 6.52. The molecule has 4 rings (SSSR count). The first-order valence-electron chi connectivity index (χ1n) is 8.77. The maximum atomic E-state index is 10.00. The van der Waals surface area contributed by atoms with Gasteiger partial charge in [-0.25, -0.2) is 0 Å². The third kappa shape index (κ3) is 1.82. The molecule has 3 saturated carbocycles. The second-order valence-electron chi connectivity index (χ2n) is 8.31. The third-order valence-corrected chi connectivity index (χ3v) is 7.28. The van der Waals surface area contributed by atoms with Crippen LogP contribution in [0.15, 0.2) is 12.1 Å². The van der Waals surface area contributed by atoms with Crippen LogP contribution in [-0.2, 0) is 0 Å². The van der Waals surface area contributed by atoms with E-state index in [2.05, 4.69) is 26.0 Å². The fraction of sp³-hybridized carbons (Fsp3) is 0.700. The first-order chi connectivity index (χ1) is 9.97. The normalized spacial score (nSPS) is 44.3. The number of benzene rings is 1. The lowest BCUT2D eigenvalue weighted by atomic mass is 9.76. The summed E-state index contributed by atoms with van der Waals surface area (Å²) in [6.07, 6.45) is 4.27. The minimum Gasteiger partial charge on any atom is -0.507 e. The third-order valence-electron chi connectivity index (χ3n) is 7.28. The molecular formula is C20H28O. The summed E-state index contributed by atoms with van der Waals surface area (Å²) in [7, 11) is 0. The second kappa shape index (κ2) is 4.51. The van der Waals surface area contributed by atoms with Gasteiger partial charge in [0.25, 0.3) is 0 Å². The molecule has 3 fully saturated rings. The van der Waals surface area contributed by atoms with Crippen molar-refractivity contribution in [2.45, 2.75) is 52.9 Å². The zero-order valence-electron chi connectivity index (χ0n) is 13.8. The van der Waals surface area contributed by atoms with Crippen LogP contribution in [0.1, 0.15) is 55.7 Å². The van der Waals surface area contributed by atoms with Crippen LogP contribution >= 0.6 is 0 Å². The van der Waals surface area contributed by atoms with E-state index >= 15 is 0 Å². The van der Waals surface area contributed by atoms with E-state index in [0.29, 0.717) is 5.75 Å².